The van der Waals surface area contributed by atoms with Gasteiger partial charge in [0.15, 0.2) is 0 Å². The monoisotopic (exact) mass is 178 g/mol. The van der Waals surface area contributed by atoms with E-state index in [2.05, 4.69) is 5.92 Å². The molecule has 0 heterocycles. The van der Waals surface area contributed by atoms with Crippen LogP contribution in [0.25, 0.3) is 0 Å². The Morgan fingerprint density at radius 2 is 2.17 bits per heavy atom. The number of carbonyl (C=O) groups excluding carboxylic acids is 1. The third-order valence-corrected chi connectivity index (χ3v) is 0.927. The second kappa shape index (κ2) is 4.65. The van der Waals surface area contributed by atoms with Crippen LogP contribution in [0.1, 0.15) is 6.42 Å². The zero-order valence-corrected chi connectivity index (χ0v) is 6.11. The number of halogens is 3. The Kier molecular flexibility index (Phi) is 4.19. The number of nitrogens with one attached hydrogen (secondary N) is 1. The maximum atomic E-state index is 11.5. The molecule has 1 N–H and O–H groups in total. The van der Waals surface area contributed by atoms with Crippen molar-refractivity contribution in [2.24, 2.45) is 0 Å². The number of unbranched alkanes of at least 4 members (excludes halogenated alkanes) is 1. The summed E-state index contributed by atoms with van der Waals surface area (Å²) in [5, 5.41) is 1.64. The van der Waals surface area contributed by atoms with Crippen molar-refractivity contribution in [1.29, 1.82) is 0 Å². The van der Waals surface area contributed by atoms with Gasteiger partial charge in [-0.2, -0.15) is 13.2 Å². The standard InChI is InChI=1S/C7H7F3NO/c1-2-3-4-5-11-6(12)7(8,9)10/h1,4H,3,5H2,(H,11,12). The van der Waals surface area contributed by atoms with Gasteiger partial charge in [0.05, 0.1) is 0 Å². The van der Waals surface area contributed by atoms with Crippen molar-refractivity contribution in [1.82, 2.24) is 5.32 Å². The van der Waals surface area contributed by atoms with E-state index in [0.29, 0.717) is 0 Å². The second-order valence-electron chi connectivity index (χ2n) is 1.90. The number of alkyl halides is 3. The molecule has 0 aromatic rings. The van der Waals surface area contributed by atoms with Gasteiger partial charge in [0.25, 0.3) is 0 Å². The van der Waals surface area contributed by atoms with Crippen LogP contribution in [0.15, 0.2) is 0 Å². The van der Waals surface area contributed by atoms with Gasteiger partial charge in [-0.15, -0.1) is 12.3 Å². The SMILES string of the molecule is C#CC[CH]CNC(=O)C(F)(F)F. The van der Waals surface area contributed by atoms with Crippen molar-refractivity contribution in [2.75, 3.05) is 6.54 Å². The lowest BCUT2D eigenvalue weighted by atomic mass is 10.3. The molecule has 12 heavy (non-hydrogen) atoms. The first kappa shape index (κ1) is 10.8. The van der Waals surface area contributed by atoms with E-state index in [1.165, 1.54) is 6.42 Å². The first-order valence-corrected chi connectivity index (χ1v) is 3.08. The molecule has 1 radical (unpaired) electrons. The molecule has 0 spiro atoms. The smallest absolute Gasteiger partial charge is 0.348 e. The van der Waals surface area contributed by atoms with Crippen LogP contribution in [0.3, 0.4) is 0 Å². The molecule has 2 nitrogen and oxygen atoms in total. The summed E-state index contributed by atoms with van der Waals surface area (Å²) in [6.07, 6.45) is 1.60. The fraction of sp³-hybridized carbons (Fsp3) is 0.429. The summed E-state index contributed by atoms with van der Waals surface area (Å²) >= 11 is 0. The maximum Gasteiger partial charge on any atom is 0.471 e. The predicted molar refractivity (Wildman–Crippen MR) is 36.8 cm³/mol. The third kappa shape index (κ3) is 4.61. The van der Waals surface area contributed by atoms with E-state index in [9.17, 15) is 18.0 Å². The fourth-order valence-corrected chi connectivity index (χ4v) is 0.421. The summed E-state index contributed by atoms with van der Waals surface area (Å²) < 4.78 is 34.5. The number of terminal acetylenes is 1. The Bertz CT molecular complexity index is 192. The topological polar surface area (TPSA) is 29.1 Å². The molecule has 0 bridgehead atoms. The van der Waals surface area contributed by atoms with E-state index in [4.69, 9.17) is 6.42 Å². The Morgan fingerprint density at radius 3 is 2.58 bits per heavy atom. The first-order chi connectivity index (χ1) is 5.48. The van der Waals surface area contributed by atoms with E-state index in [1.54, 1.807) is 5.32 Å². The normalized spacial score (nSPS) is 10.5. The molecule has 0 fully saturated rings. The molecule has 1 amide bonds. The van der Waals surface area contributed by atoms with Crippen LogP contribution in [0.5, 0.6) is 0 Å². The van der Waals surface area contributed by atoms with Crippen molar-refractivity contribution < 1.29 is 18.0 Å². The summed E-state index contributed by atoms with van der Waals surface area (Å²) in [5.41, 5.74) is 0. The highest BCUT2D eigenvalue weighted by atomic mass is 19.4. The molecular weight excluding hydrogens is 171 g/mol. The van der Waals surface area contributed by atoms with Crippen molar-refractivity contribution >= 4 is 5.91 Å². The Labute approximate surface area is 68.1 Å². The molecule has 0 saturated carbocycles. The summed E-state index contributed by atoms with van der Waals surface area (Å²) in [6.45, 7) is -0.164. The lowest BCUT2D eigenvalue weighted by molar-refractivity contribution is -0.173. The molecule has 0 aromatic carbocycles. The number of carbonyl (C=O) groups is 1. The van der Waals surface area contributed by atoms with E-state index < -0.39 is 12.1 Å². The summed E-state index contributed by atoms with van der Waals surface area (Å²) in [6, 6.07) is 0. The molecule has 0 saturated heterocycles. The highest BCUT2D eigenvalue weighted by Gasteiger charge is 2.37. The zero-order valence-electron chi connectivity index (χ0n) is 6.11. The largest absolute Gasteiger partial charge is 0.471 e. The minimum atomic E-state index is -4.82. The van der Waals surface area contributed by atoms with Crippen LogP contribution in [0, 0.1) is 18.8 Å². The van der Waals surface area contributed by atoms with Gasteiger partial charge in [0.1, 0.15) is 0 Å². The number of amides is 1. The molecule has 0 aliphatic heterocycles. The highest BCUT2D eigenvalue weighted by molar-refractivity contribution is 5.81. The minimum absolute atomic E-state index is 0.164. The fourth-order valence-electron chi connectivity index (χ4n) is 0.421. The molecule has 0 aliphatic carbocycles. The van der Waals surface area contributed by atoms with E-state index >= 15 is 0 Å². The van der Waals surface area contributed by atoms with Crippen molar-refractivity contribution in [3.05, 3.63) is 6.42 Å². The average molecular weight is 178 g/mol. The van der Waals surface area contributed by atoms with Crippen molar-refractivity contribution in [2.45, 2.75) is 12.6 Å². The molecular formula is C7H7F3NO. The van der Waals surface area contributed by atoms with Gasteiger partial charge in [-0.1, -0.05) is 0 Å². The van der Waals surface area contributed by atoms with Crippen LogP contribution < -0.4 is 5.32 Å². The van der Waals surface area contributed by atoms with Gasteiger partial charge < -0.3 is 5.32 Å². The lowest BCUT2D eigenvalue weighted by Gasteiger charge is -2.05. The number of rotatable bonds is 3. The predicted octanol–water partition coefficient (Wildman–Crippen LogP) is 0.892. The van der Waals surface area contributed by atoms with Crippen LogP contribution in [0.4, 0.5) is 13.2 Å². The summed E-state index contributed by atoms with van der Waals surface area (Å²) in [7, 11) is 0. The Hall–Kier alpha value is -1.18. The second-order valence-corrected chi connectivity index (χ2v) is 1.90. The maximum absolute atomic E-state index is 11.5. The van der Waals surface area contributed by atoms with Crippen LogP contribution in [0.2, 0.25) is 0 Å². The first-order valence-electron chi connectivity index (χ1n) is 3.08. The molecule has 0 rings (SSSR count). The van der Waals surface area contributed by atoms with Gasteiger partial charge in [0.2, 0.25) is 0 Å². The quantitative estimate of drug-likeness (QED) is 0.504. The van der Waals surface area contributed by atoms with Crippen LogP contribution in [-0.4, -0.2) is 18.6 Å². The van der Waals surface area contributed by atoms with Gasteiger partial charge in [0, 0.05) is 13.0 Å². The van der Waals surface area contributed by atoms with Crippen LogP contribution in [-0.2, 0) is 4.79 Å². The van der Waals surface area contributed by atoms with Crippen molar-refractivity contribution in [3.63, 3.8) is 0 Å². The summed E-state index contributed by atoms with van der Waals surface area (Å²) in [5.74, 6) is 0.244. The Morgan fingerprint density at radius 1 is 1.58 bits per heavy atom. The molecule has 0 aromatic heterocycles. The molecule has 0 atom stereocenters. The number of hydrogen-bond acceptors (Lipinski definition) is 1. The van der Waals surface area contributed by atoms with Crippen molar-refractivity contribution in [3.8, 4) is 12.3 Å². The number of hydrogen-bond donors (Lipinski definition) is 1. The van der Waals surface area contributed by atoms with E-state index in [0.717, 1.165) is 0 Å². The molecule has 5 heteroatoms. The minimum Gasteiger partial charge on any atom is -0.348 e. The average Bonchev–Trinajstić information content (AvgIpc) is 1.96. The highest BCUT2D eigenvalue weighted by Crippen LogP contribution is 2.13. The molecule has 0 aliphatic rings. The van der Waals surface area contributed by atoms with E-state index in [1.807, 2.05) is 0 Å². The lowest BCUT2D eigenvalue weighted by Crippen LogP contribution is -2.37. The third-order valence-electron chi connectivity index (χ3n) is 0.927. The molecule has 0 unspecified atom stereocenters. The van der Waals surface area contributed by atoms with Crippen LogP contribution >= 0.6 is 0 Å². The van der Waals surface area contributed by atoms with Gasteiger partial charge in [-0.3, -0.25) is 4.79 Å². The summed E-state index contributed by atoms with van der Waals surface area (Å²) in [4.78, 5) is 10.1. The Balaban J connectivity index is 3.53. The molecule has 67 valence electrons. The van der Waals surface area contributed by atoms with E-state index in [-0.39, 0.29) is 13.0 Å². The van der Waals surface area contributed by atoms with Gasteiger partial charge in [-0.25, -0.2) is 0 Å². The van der Waals surface area contributed by atoms with Gasteiger partial charge >= 0.3 is 12.1 Å². The van der Waals surface area contributed by atoms with Gasteiger partial charge in [-0.05, 0) is 6.42 Å². The zero-order chi connectivity index (χ0) is 9.61.